The number of unbranched alkanes of at least 4 members (excludes halogenated alkanes) is 8. The third-order valence-corrected chi connectivity index (χ3v) is 5.02. The van der Waals surface area contributed by atoms with Gasteiger partial charge < -0.3 is 21.1 Å². The number of carbonyl (C=O) groups excluding carboxylic acids is 2. The Morgan fingerprint density at radius 1 is 0.900 bits per heavy atom. The van der Waals surface area contributed by atoms with Gasteiger partial charge in [-0.05, 0) is 33.1 Å². The van der Waals surface area contributed by atoms with Gasteiger partial charge in [-0.2, -0.15) is 0 Å². The summed E-state index contributed by atoms with van der Waals surface area (Å²) < 4.78 is 5.19. The summed E-state index contributed by atoms with van der Waals surface area (Å²) in [6.45, 7) is 7.12. The zero-order valence-corrected chi connectivity index (χ0v) is 20.2. The van der Waals surface area contributed by atoms with Crippen LogP contribution in [0.3, 0.4) is 0 Å². The van der Waals surface area contributed by atoms with Crippen LogP contribution in [0.4, 0.5) is 0 Å². The summed E-state index contributed by atoms with van der Waals surface area (Å²) in [7, 11) is 0. The Hall–Kier alpha value is -1.50. The highest BCUT2D eigenvalue weighted by molar-refractivity contribution is 5.85. The number of hydrogen-bond donors (Lipinski definition) is 2. The first kappa shape index (κ1) is 30.7. The minimum absolute atomic E-state index is 0. The van der Waals surface area contributed by atoms with E-state index in [1.54, 1.807) is 11.8 Å². The molecule has 1 amide bonds. The lowest BCUT2D eigenvalue weighted by molar-refractivity contribution is -0.155. The van der Waals surface area contributed by atoms with Crippen LogP contribution in [0.2, 0.25) is 0 Å². The summed E-state index contributed by atoms with van der Waals surface area (Å²) in [6, 6.07) is -0.569. The molecule has 0 aromatic carbocycles. The number of nitrogens with two attached hydrogens (primary N) is 2. The summed E-state index contributed by atoms with van der Waals surface area (Å²) in [5.74, 6) is -0.290. The number of halogens is 1. The molecular formula is C22H45ClN4O3. The predicted molar refractivity (Wildman–Crippen MR) is 127 cm³/mol. The van der Waals surface area contributed by atoms with E-state index < -0.39 is 6.04 Å². The molecule has 0 aromatic heterocycles. The topological polar surface area (TPSA) is 111 Å². The number of esters is 1. The number of guanidine groups is 1. The highest BCUT2D eigenvalue weighted by atomic mass is 35.5. The fourth-order valence-corrected chi connectivity index (χ4v) is 3.43. The summed E-state index contributed by atoms with van der Waals surface area (Å²) in [5, 5.41) is 0. The van der Waals surface area contributed by atoms with Crippen molar-refractivity contribution in [3.8, 4) is 0 Å². The minimum Gasteiger partial charge on any atom is -0.464 e. The van der Waals surface area contributed by atoms with Crippen molar-refractivity contribution in [2.75, 3.05) is 19.7 Å². The zero-order chi connectivity index (χ0) is 21.9. The second kappa shape index (κ2) is 20.8. The molecule has 0 saturated heterocycles. The second-order valence-electron chi connectivity index (χ2n) is 7.47. The maximum absolute atomic E-state index is 12.7. The molecule has 0 rings (SSSR count). The van der Waals surface area contributed by atoms with Crippen molar-refractivity contribution in [2.45, 2.75) is 104 Å². The number of likely N-dealkylation sites (N-methyl/N-ethyl adjacent to an activating group) is 1. The second-order valence-corrected chi connectivity index (χ2v) is 7.47. The summed E-state index contributed by atoms with van der Waals surface area (Å²) in [4.78, 5) is 30.7. The van der Waals surface area contributed by atoms with Crippen molar-refractivity contribution in [2.24, 2.45) is 16.5 Å². The van der Waals surface area contributed by atoms with Crippen molar-refractivity contribution in [3.63, 3.8) is 0 Å². The van der Waals surface area contributed by atoms with E-state index >= 15 is 0 Å². The molecule has 0 radical (unpaired) electrons. The fourth-order valence-electron chi connectivity index (χ4n) is 3.43. The Balaban J connectivity index is 0. The van der Waals surface area contributed by atoms with Gasteiger partial charge in [0.1, 0.15) is 6.04 Å². The number of nitrogens with zero attached hydrogens (tertiary/aromatic N) is 2. The molecule has 8 heteroatoms. The SMILES string of the molecule is CCCCCCCCCCCC(=O)N(CC)C(CCCN=C(N)N)C(=O)OCC.Cl. The van der Waals surface area contributed by atoms with E-state index in [4.69, 9.17) is 16.2 Å². The monoisotopic (exact) mass is 448 g/mol. The Kier molecular flexibility index (Phi) is 21.2. The maximum atomic E-state index is 12.7. The summed E-state index contributed by atoms with van der Waals surface area (Å²) in [5.41, 5.74) is 10.7. The van der Waals surface area contributed by atoms with Gasteiger partial charge in [-0.1, -0.05) is 58.3 Å². The van der Waals surface area contributed by atoms with Crippen LogP contribution < -0.4 is 11.5 Å². The molecule has 0 spiro atoms. The third kappa shape index (κ3) is 15.4. The van der Waals surface area contributed by atoms with Crippen LogP contribution in [0.15, 0.2) is 4.99 Å². The van der Waals surface area contributed by atoms with Crippen molar-refractivity contribution < 1.29 is 14.3 Å². The molecule has 0 fully saturated rings. The fraction of sp³-hybridized carbons (Fsp3) is 0.864. The number of rotatable bonds is 18. The maximum Gasteiger partial charge on any atom is 0.328 e. The van der Waals surface area contributed by atoms with E-state index in [2.05, 4.69) is 11.9 Å². The van der Waals surface area contributed by atoms with Crippen molar-refractivity contribution in [1.29, 1.82) is 0 Å². The van der Waals surface area contributed by atoms with Gasteiger partial charge >= 0.3 is 5.97 Å². The Morgan fingerprint density at radius 3 is 1.97 bits per heavy atom. The van der Waals surface area contributed by atoms with Crippen LogP contribution in [-0.2, 0) is 14.3 Å². The first-order valence-electron chi connectivity index (χ1n) is 11.5. The molecule has 4 N–H and O–H groups in total. The van der Waals surface area contributed by atoms with Crippen molar-refractivity contribution >= 4 is 30.2 Å². The van der Waals surface area contributed by atoms with Gasteiger partial charge in [-0.25, -0.2) is 4.79 Å². The van der Waals surface area contributed by atoms with Crippen LogP contribution in [0.25, 0.3) is 0 Å². The number of carbonyl (C=O) groups is 2. The minimum atomic E-state index is -0.569. The lowest BCUT2D eigenvalue weighted by Gasteiger charge is -2.29. The lowest BCUT2D eigenvalue weighted by Crippen LogP contribution is -2.45. The third-order valence-electron chi connectivity index (χ3n) is 5.02. The molecular weight excluding hydrogens is 404 g/mol. The Bertz CT molecular complexity index is 471. The first-order chi connectivity index (χ1) is 14.0. The van der Waals surface area contributed by atoms with Gasteiger partial charge in [0.15, 0.2) is 5.96 Å². The molecule has 1 atom stereocenters. The standard InChI is InChI=1S/C22H44N4O3.ClH/c1-4-7-8-9-10-11-12-13-14-17-20(27)26(5-2)19(21(28)29-6-3)16-15-18-25-22(23)24;/h19H,4-18H2,1-3H3,(H4,23,24,25);1H. The molecule has 0 aromatic rings. The van der Waals surface area contributed by atoms with E-state index in [0.717, 1.165) is 12.8 Å². The van der Waals surface area contributed by atoms with E-state index in [0.29, 0.717) is 39.0 Å². The first-order valence-corrected chi connectivity index (χ1v) is 11.5. The van der Waals surface area contributed by atoms with Gasteiger partial charge in [-0.15, -0.1) is 12.4 Å². The molecule has 7 nitrogen and oxygen atoms in total. The number of aliphatic imine (C=N–C) groups is 1. The molecule has 0 aliphatic heterocycles. The van der Waals surface area contributed by atoms with Crippen LogP contribution in [0, 0.1) is 0 Å². The molecule has 0 aliphatic carbocycles. The van der Waals surface area contributed by atoms with E-state index in [1.807, 2.05) is 6.92 Å². The van der Waals surface area contributed by atoms with Crippen molar-refractivity contribution in [1.82, 2.24) is 4.90 Å². The molecule has 30 heavy (non-hydrogen) atoms. The molecule has 0 heterocycles. The number of hydrogen-bond acceptors (Lipinski definition) is 4. The number of amides is 1. The molecule has 0 saturated carbocycles. The zero-order valence-electron chi connectivity index (χ0n) is 19.4. The normalized spacial score (nSPS) is 11.3. The molecule has 0 aliphatic rings. The smallest absolute Gasteiger partial charge is 0.328 e. The van der Waals surface area contributed by atoms with Gasteiger partial charge in [0.05, 0.1) is 6.61 Å². The molecule has 178 valence electrons. The van der Waals surface area contributed by atoms with E-state index in [9.17, 15) is 9.59 Å². The number of ether oxygens (including phenoxy) is 1. The lowest BCUT2D eigenvalue weighted by atomic mass is 10.1. The molecule has 0 bridgehead atoms. The Labute approximate surface area is 189 Å². The van der Waals surface area contributed by atoms with Crippen LogP contribution >= 0.6 is 12.4 Å². The quantitative estimate of drug-likeness (QED) is 0.141. The van der Waals surface area contributed by atoms with Crippen molar-refractivity contribution in [3.05, 3.63) is 0 Å². The average molecular weight is 449 g/mol. The van der Waals surface area contributed by atoms with Crippen LogP contribution in [-0.4, -0.2) is 48.5 Å². The average Bonchev–Trinajstić information content (AvgIpc) is 2.68. The Morgan fingerprint density at radius 2 is 1.47 bits per heavy atom. The highest BCUT2D eigenvalue weighted by Gasteiger charge is 2.29. The van der Waals surface area contributed by atoms with Crippen LogP contribution in [0.5, 0.6) is 0 Å². The summed E-state index contributed by atoms with van der Waals surface area (Å²) in [6.07, 6.45) is 12.5. The largest absolute Gasteiger partial charge is 0.464 e. The van der Waals surface area contributed by atoms with Gasteiger partial charge in [0.2, 0.25) is 5.91 Å². The summed E-state index contributed by atoms with van der Waals surface area (Å²) >= 11 is 0. The van der Waals surface area contributed by atoms with E-state index in [1.165, 1.54) is 44.9 Å². The van der Waals surface area contributed by atoms with Crippen LogP contribution in [0.1, 0.15) is 97.8 Å². The van der Waals surface area contributed by atoms with Gasteiger partial charge in [-0.3, -0.25) is 9.79 Å². The predicted octanol–water partition coefficient (Wildman–Crippen LogP) is 4.16. The van der Waals surface area contributed by atoms with Gasteiger partial charge in [0.25, 0.3) is 0 Å². The van der Waals surface area contributed by atoms with E-state index in [-0.39, 0.29) is 30.2 Å². The molecule has 1 unspecified atom stereocenters. The highest BCUT2D eigenvalue weighted by Crippen LogP contribution is 2.15. The van der Waals surface area contributed by atoms with Gasteiger partial charge in [0, 0.05) is 19.5 Å².